The Morgan fingerprint density at radius 1 is 1.40 bits per heavy atom. The molecule has 1 atom stereocenters. The number of nitro benzene ring substituents is 1. The number of anilines is 1. The van der Waals surface area contributed by atoms with Gasteiger partial charge in [0, 0.05) is 41.0 Å². The van der Waals surface area contributed by atoms with Gasteiger partial charge in [0.2, 0.25) is 0 Å². The molecule has 0 radical (unpaired) electrons. The molecule has 0 saturated heterocycles. The maximum absolute atomic E-state index is 14.7. The van der Waals surface area contributed by atoms with E-state index in [2.05, 4.69) is 43.1 Å². The largest absolute Gasteiger partial charge is 0.366 e. The monoisotopic (exact) mass is 412 g/mol. The molecule has 7 nitrogen and oxygen atoms in total. The van der Waals surface area contributed by atoms with Crippen LogP contribution >= 0.6 is 0 Å². The average Bonchev–Trinajstić information content (AvgIpc) is 2.68. The van der Waals surface area contributed by atoms with Crippen molar-refractivity contribution < 1.29 is 14.1 Å². The summed E-state index contributed by atoms with van der Waals surface area (Å²) in [6.45, 7) is 9.27. The number of hydrogen-bond donors (Lipinski definition) is 1. The number of carbonyl (C=O) groups is 1. The number of nitrogens with zero attached hydrogens (tertiary/aromatic N) is 3. The second-order valence-electron chi connectivity index (χ2n) is 8.10. The van der Waals surface area contributed by atoms with Crippen molar-refractivity contribution in [1.29, 1.82) is 0 Å². The summed E-state index contributed by atoms with van der Waals surface area (Å²) < 4.78 is 14.7. The Hall–Kier alpha value is -3.29. The number of rotatable bonds is 5. The molecule has 3 rings (SSSR count). The maximum atomic E-state index is 14.7. The van der Waals surface area contributed by atoms with Gasteiger partial charge in [0.25, 0.3) is 11.6 Å². The van der Waals surface area contributed by atoms with Gasteiger partial charge < -0.3 is 4.90 Å². The lowest BCUT2D eigenvalue weighted by molar-refractivity contribution is -0.384. The van der Waals surface area contributed by atoms with Crippen LogP contribution in [0.3, 0.4) is 0 Å². The molecule has 1 heterocycles. The minimum Gasteiger partial charge on any atom is -0.366 e. The van der Waals surface area contributed by atoms with Gasteiger partial charge in [0.1, 0.15) is 5.82 Å². The lowest BCUT2D eigenvalue weighted by Crippen LogP contribution is -2.48. The first-order chi connectivity index (χ1) is 14.1. The molecule has 1 N–H and O–H groups in total. The summed E-state index contributed by atoms with van der Waals surface area (Å²) in [5.41, 5.74) is 4.35. The Bertz CT molecular complexity index is 1020. The zero-order chi connectivity index (χ0) is 22.1. The second kappa shape index (κ2) is 8.22. The maximum Gasteiger partial charge on any atom is 0.271 e. The number of fused-ring (bicyclic) bond motifs is 1. The topological polar surface area (TPSA) is 87.8 Å². The van der Waals surface area contributed by atoms with Crippen molar-refractivity contribution in [3.8, 4) is 0 Å². The molecule has 0 aromatic heterocycles. The van der Waals surface area contributed by atoms with E-state index in [0.717, 1.165) is 30.3 Å². The molecule has 30 heavy (non-hydrogen) atoms. The quantitative estimate of drug-likeness (QED) is 0.441. The van der Waals surface area contributed by atoms with Crippen LogP contribution in [0.5, 0.6) is 0 Å². The first-order valence-corrected chi connectivity index (χ1v) is 9.83. The van der Waals surface area contributed by atoms with E-state index in [1.807, 2.05) is 0 Å². The molecule has 0 aliphatic carbocycles. The summed E-state index contributed by atoms with van der Waals surface area (Å²) in [7, 11) is 0. The van der Waals surface area contributed by atoms with Crippen LogP contribution in [-0.4, -0.2) is 29.1 Å². The molecule has 2 aromatic carbocycles. The number of benzene rings is 2. The predicted octanol–water partition coefficient (Wildman–Crippen LogP) is 4.61. The summed E-state index contributed by atoms with van der Waals surface area (Å²) >= 11 is 0. The highest BCUT2D eigenvalue weighted by molar-refractivity contribution is 5.95. The zero-order valence-electron chi connectivity index (χ0n) is 17.5. The standard InChI is InChI=1S/C22H25FN4O3/c1-5-26-20-11-19(23)16(10-18(20)14(2)12-22(26,3)4)13-24-25-21(28)15-7-6-8-17(9-15)27(29)30/h6-11,13-14H,5,12H2,1-4H3,(H,25,28)/b24-13-. The van der Waals surface area contributed by atoms with Crippen LogP contribution in [0.15, 0.2) is 41.5 Å². The highest BCUT2D eigenvalue weighted by Crippen LogP contribution is 2.43. The van der Waals surface area contributed by atoms with Gasteiger partial charge in [0.05, 0.1) is 11.1 Å². The van der Waals surface area contributed by atoms with Crippen LogP contribution in [0, 0.1) is 15.9 Å². The van der Waals surface area contributed by atoms with Crippen molar-refractivity contribution in [2.75, 3.05) is 11.4 Å². The molecule has 0 saturated carbocycles. The van der Waals surface area contributed by atoms with Gasteiger partial charge >= 0.3 is 0 Å². The number of hydrazone groups is 1. The van der Waals surface area contributed by atoms with E-state index in [0.29, 0.717) is 0 Å². The Balaban J connectivity index is 1.82. The first kappa shape index (κ1) is 21.4. The Labute approximate surface area is 174 Å². The molecule has 158 valence electrons. The fourth-order valence-electron chi connectivity index (χ4n) is 4.20. The molecular weight excluding hydrogens is 387 g/mol. The molecule has 1 amide bonds. The van der Waals surface area contributed by atoms with E-state index in [9.17, 15) is 19.3 Å². The minimum absolute atomic E-state index is 0.0600. The van der Waals surface area contributed by atoms with Crippen LogP contribution in [0.4, 0.5) is 15.8 Å². The number of nitro groups is 1. The van der Waals surface area contributed by atoms with Crippen LogP contribution in [0.2, 0.25) is 0 Å². The van der Waals surface area contributed by atoms with E-state index in [1.54, 1.807) is 6.07 Å². The van der Waals surface area contributed by atoms with Crippen LogP contribution in [-0.2, 0) is 0 Å². The van der Waals surface area contributed by atoms with Gasteiger partial charge in [-0.3, -0.25) is 14.9 Å². The zero-order valence-corrected chi connectivity index (χ0v) is 17.5. The number of carbonyl (C=O) groups excluding carboxylic acids is 1. The number of halogens is 1. The van der Waals surface area contributed by atoms with Crippen LogP contribution in [0.1, 0.15) is 61.5 Å². The van der Waals surface area contributed by atoms with Crippen molar-refractivity contribution >= 4 is 23.5 Å². The van der Waals surface area contributed by atoms with E-state index in [1.165, 1.54) is 30.5 Å². The number of hydrogen-bond acceptors (Lipinski definition) is 5. The van der Waals surface area contributed by atoms with Gasteiger partial charge in [0.15, 0.2) is 0 Å². The third-order valence-corrected chi connectivity index (χ3v) is 5.51. The first-order valence-electron chi connectivity index (χ1n) is 9.83. The fourth-order valence-corrected chi connectivity index (χ4v) is 4.20. The van der Waals surface area contributed by atoms with Gasteiger partial charge in [-0.1, -0.05) is 13.0 Å². The van der Waals surface area contributed by atoms with Crippen molar-refractivity contribution in [2.24, 2.45) is 5.10 Å². The fraction of sp³-hybridized carbons (Fsp3) is 0.364. The molecule has 1 aliphatic heterocycles. The highest BCUT2D eigenvalue weighted by atomic mass is 19.1. The molecule has 8 heteroatoms. The molecule has 1 unspecified atom stereocenters. The molecule has 1 aliphatic rings. The van der Waals surface area contributed by atoms with Crippen molar-refractivity contribution in [3.05, 3.63) is 69.0 Å². The Morgan fingerprint density at radius 3 is 2.80 bits per heavy atom. The number of nitrogens with one attached hydrogen (secondary N) is 1. The molecule has 0 fully saturated rings. The summed E-state index contributed by atoms with van der Waals surface area (Å²) in [6, 6.07) is 8.62. The minimum atomic E-state index is -0.611. The van der Waals surface area contributed by atoms with Crippen LogP contribution in [0.25, 0.3) is 0 Å². The van der Waals surface area contributed by atoms with Crippen LogP contribution < -0.4 is 10.3 Å². The van der Waals surface area contributed by atoms with Gasteiger partial charge in [-0.05, 0) is 56.9 Å². The van der Waals surface area contributed by atoms with E-state index < -0.39 is 16.6 Å². The summed E-state index contributed by atoms with van der Waals surface area (Å²) in [5.74, 6) is -0.781. The highest BCUT2D eigenvalue weighted by Gasteiger charge is 2.36. The third-order valence-electron chi connectivity index (χ3n) is 5.51. The Morgan fingerprint density at radius 2 is 2.13 bits per heavy atom. The lowest BCUT2D eigenvalue weighted by Gasteiger charge is -2.47. The van der Waals surface area contributed by atoms with E-state index >= 15 is 0 Å². The summed E-state index contributed by atoms with van der Waals surface area (Å²) in [5, 5.41) is 14.7. The smallest absolute Gasteiger partial charge is 0.271 e. The number of non-ortho nitro benzene ring substituents is 1. The molecular formula is C22H25FN4O3. The summed E-state index contributed by atoms with van der Waals surface area (Å²) in [4.78, 5) is 24.7. The van der Waals surface area contributed by atoms with Gasteiger partial charge in [-0.15, -0.1) is 0 Å². The summed E-state index contributed by atoms with van der Waals surface area (Å²) in [6.07, 6.45) is 2.20. The number of amides is 1. The van der Waals surface area contributed by atoms with Gasteiger partial charge in [-0.2, -0.15) is 5.10 Å². The lowest BCUT2D eigenvalue weighted by atomic mass is 9.79. The predicted molar refractivity (Wildman–Crippen MR) is 115 cm³/mol. The van der Waals surface area contributed by atoms with E-state index in [-0.39, 0.29) is 28.3 Å². The van der Waals surface area contributed by atoms with Gasteiger partial charge in [-0.25, -0.2) is 9.82 Å². The van der Waals surface area contributed by atoms with Crippen molar-refractivity contribution in [3.63, 3.8) is 0 Å². The molecule has 0 bridgehead atoms. The van der Waals surface area contributed by atoms with E-state index in [4.69, 9.17) is 0 Å². The second-order valence-corrected chi connectivity index (χ2v) is 8.10. The SMILES string of the molecule is CCN1c2cc(F)c(/C=N\NC(=O)c3cccc([N+](=O)[O-])c3)cc2C(C)CC1(C)C. The third kappa shape index (κ3) is 4.17. The Kier molecular flexibility index (Phi) is 5.87. The average molecular weight is 412 g/mol. The van der Waals surface area contributed by atoms with Crippen molar-refractivity contribution in [1.82, 2.24) is 5.43 Å². The normalized spacial score (nSPS) is 17.6. The molecule has 2 aromatic rings. The molecule has 0 spiro atoms. The van der Waals surface area contributed by atoms with Crippen molar-refractivity contribution in [2.45, 2.75) is 45.6 Å².